The van der Waals surface area contributed by atoms with Crippen LogP contribution < -0.4 is 15.1 Å². The third kappa shape index (κ3) is 6.55. The molecular formula is C40H43FN10O4. The molecule has 3 aromatic heterocycles. The molecule has 7 heterocycles. The van der Waals surface area contributed by atoms with Crippen LogP contribution in [0.25, 0.3) is 17.0 Å². The number of anilines is 2. The minimum Gasteiger partial charge on any atom is -0.490 e. The predicted octanol–water partition coefficient (Wildman–Crippen LogP) is 4.12. The number of nitrogens with one attached hydrogen (secondary N) is 1. The molecule has 1 N–H and O–H groups in total. The highest BCUT2D eigenvalue weighted by Crippen LogP contribution is 2.38. The van der Waals surface area contributed by atoms with Crippen LogP contribution in [0.4, 0.5) is 20.8 Å². The second kappa shape index (κ2) is 14.4. The Balaban J connectivity index is 0.832. The van der Waals surface area contributed by atoms with E-state index in [4.69, 9.17) is 14.8 Å². The summed E-state index contributed by atoms with van der Waals surface area (Å²) in [7, 11) is 1.71. The maximum absolute atomic E-state index is 14.1. The number of piperazine rings is 1. The number of ether oxygens (including phenoxy) is 1. The van der Waals surface area contributed by atoms with Crippen LogP contribution in [-0.4, -0.2) is 117 Å². The highest BCUT2D eigenvalue weighted by atomic mass is 19.1. The molecule has 5 aliphatic rings. The number of hydrogen-bond acceptors (Lipinski definition) is 10. The van der Waals surface area contributed by atoms with Crippen molar-refractivity contribution in [2.75, 3.05) is 62.7 Å². The van der Waals surface area contributed by atoms with E-state index in [0.29, 0.717) is 25.2 Å². The lowest BCUT2D eigenvalue weighted by molar-refractivity contribution is -0.137. The standard InChI is InChI=1S/C40H43FN10O4/c1-46-38-30(50(40(46)54)31-13-16-37(52)44-39(31)53)9-4-11-33(38)55-23-22-47-18-20-48(21-19-47)35-12-3-8-28(43-35)32-25-42-34-14-15-36(45-51(32)34)49-17-5-10-29(49)26-6-2-7-27(41)24-26/h2-4,6-8,11-12,14-15,24-25,29-31H,5,9-10,13,16-23H2,1H3,(H,44,52,53)/t29-,30?,31?/m1/s1. The molecule has 9 rings (SSSR count). The zero-order chi connectivity index (χ0) is 37.6. The van der Waals surface area contributed by atoms with E-state index < -0.39 is 11.9 Å². The normalized spacial score (nSPS) is 23.3. The van der Waals surface area contributed by atoms with Gasteiger partial charge in [-0.1, -0.05) is 24.3 Å². The Morgan fingerprint density at radius 2 is 1.78 bits per heavy atom. The first kappa shape index (κ1) is 34.9. The zero-order valence-corrected chi connectivity index (χ0v) is 30.7. The van der Waals surface area contributed by atoms with Gasteiger partial charge in [-0.25, -0.2) is 23.7 Å². The van der Waals surface area contributed by atoms with E-state index in [0.717, 1.165) is 92.0 Å². The molecule has 4 fully saturated rings. The van der Waals surface area contributed by atoms with Gasteiger partial charge in [-0.15, -0.1) is 5.10 Å². The average Bonchev–Trinajstić information content (AvgIpc) is 3.92. The maximum atomic E-state index is 14.1. The van der Waals surface area contributed by atoms with Crippen LogP contribution in [0.5, 0.6) is 0 Å². The van der Waals surface area contributed by atoms with Gasteiger partial charge in [0.1, 0.15) is 41.6 Å². The highest BCUT2D eigenvalue weighted by Gasteiger charge is 2.48. The molecule has 4 amide bonds. The molecule has 0 bridgehead atoms. The van der Waals surface area contributed by atoms with E-state index in [-0.39, 0.29) is 36.3 Å². The quantitative estimate of drug-likeness (QED) is 0.250. The van der Waals surface area contributed by atoms with Crippen molar-refractivity contribution in [3.8, 4) is 11.4 Å². The maximum Gasteiger partial charge on any atom is 0.325 e. The lowest BCUT2D eigenvalue weighted by Crippen LogP contribution is -2.55. The molecule has 1 aliphatic carbocycles. The number of rotatable bonds is 9. The molecule has 4 saturated heterocycles. The monoisotopic (exact) mass is 746 g/mol. The number of halogens is 1. The van der Waals surface area contributed by atoms with Gasteiger partial charge in [-0.2, -0.15) is 0 Å². The van der Waals surface area contributed by atoms with Crippen LogP contribution in [0.1, 0.15) is 43.7 Å². The summed E-state index contributed by atoms with van der Waals surface area (Å²) in [6.45, 7) is 5.29. The summed E-state index contributed by atoms with van der Waals surface area (Å²) >= 11 is 0. The molecule has 55 heavy (non-hydrogen) atoms. The summed E-state index contributed by atoms with van der Waals surface area (Å²) in [5.74, 6) is 1.40. The summed E-state index contributed by atoms with van der Waals surface area (Å²) in [5.41, 5.74) is 4.04. The smallest absolute Gasteiger partial charge is 0.325 e. The van der Waals surface area contributed by atoms with Gasteiger partial charge < -0.3 is 19.4 Å². The van der Waals surface area contributed by atoms with E-state index in [1.54, 1.807) is 29.0 Å². The fraction of sp³-hybridized carbons (Fsp3) is 0.400. The molecule has 4 aromatic rings. The van der Waals surface area contributed by atoms with Crippen LogP contribution in [0.15, 0.2) is 84.4 Å². The van der Waals surface area contributed by atoms with Crippen LogP contribution in [0.3, 0.4) is 0 Å². The van der Waals surface area contributed by atoms with E-state index in [2.05, 4.69) is 25.0 Å². The first-order valence-electron chi connectivity index (χ1n) is 19.1. The molecule has 4 aliphatic heterocycles. The van der Waals surface area contributed by atoms with E-state index in [9.17, 15) is 18.8 Å². The number of amides is 4. The molecule has 2 unspecified atom stereocenters. The van der Waals surface area contributed by atoms with Crippen LogP contribution in [-0.2, 0) is 14.3 Å². The lowest BCUT2D eigenvalue weighted by Gasteiger charge is -2.35. The Hall–Kier alpha value is -5.83. The fourth-order valence-electron chi connectivity index (χ4n) is 8.65. The van der Waals surface area contributed by atoms with Crippen LogP contribution in [0.2, 0.25) is 0 Å². The van der Waals surface area contributed by atoms with E-state index in [1.165, 1.54) is 6.07 Å². The Morgan fingerprint density at radius 3 is 2.62 bits per heavy atom. The largest absolute Gasteiger partial charge is 0.490 e. The molecule has 0 radical (unpaired) electrons. The van der Waals surface area contributed by atoms with Crippen molar-refractivity contribution in [1.29, 1.82) is 0 Å². The summed E-state index contributed by atoms with van der Waals surface area (Å²) in [6, 6.07) is 15.7. The highest BCUT2D eigenvalue weighted by molar-refractivity contribution is 6.02. The number of carbonyl (C=O) groups excluding carboxylic acids is 3. The number of allylic oxidation sites excluding steroid dienone is 1. The first-order chi connectivity index (χ1) is 26.8. The minimum atomic E-state index is -0.680. The number of imide groups is 1. The van der Waals surface area contributed by atoms with Crippen molar-refractivity contribution < 1.29 is 23.5 Å². The van der Waals surface area contributed by atoms with Gasteiger partial charge in [0.25, 0.3) is 0 Å². The number of piperidine rings is 1. The van der Waals surface area contributed by atoms with Crippen molar-refractivity contribution in [2.24, 2.45) is 0 Å². The number of aromatic nitrogens is 4. The third-order valence-electron chi connectivity index (χ3n) is 11.4. The number of benzene rings is 1. The SMILES string of the molecule is CN1C(=O)N(C2CCC(=O)NC2=O)C2CC=CC(OCCN3CCN(c4cccc(-c5cnc6ccc(N7CCC[C@@H]7c7cccc(F)c7)nn56)n4)CC3)=C21. The van der Waals surface area contributed by atoms with Crippen molar-refractivity contribution in [2.45, 2.75) is 50.2 Å². The molecule has 1 aromatic carbocycles. The van der Waals surface area contributed by atoms with Crippen molar-refractivity contribution in [1.82, 2.24) is 39.6 Å². The lowest BCUT2D eigenvalue weighted by atomic mass is 9.98. The van der Waals surface area contributed by atoms with Crippen molar-refractivity contribution in [3.63, 3.8) is 0 Å². The van der Waals surface area contributed by atoms with Gasteiger partial charge in [0.05, 0.1) is 29.7 Å². The van der Waals surface area contributed by atoms with Crippen LogP contribution >= 0.6 is 0 Å². The Labute approximate surface area is 317 Å². The predicted molar refractivity (Wildman–Crippen MR) is 202 cm³/mol. The number of imidazole rings is 1. The number of pyridine rings is 1. The molecule has 0 saturated carbocycles. The Morgan fingerprint density at radius 1 is 0.927 bits per heavy atom. The first-order valence-corrected chi connectivity index (χ1v) is 19.1. The molecule has 284 valence electrons. The van der Waals surface area contributed by atoms with Gasteiger partial charge >= 0.3 is 6.03 Å². The molecule has 14 nitrogen and oxygen atoms in total. The summed E-state index contributed by atoms with van der Waals surface area (Å²) in [6.07, 6.45) is 8.76. The second-order valence-electron chi connectivity index (χ2n) is 14.7. The zero-order valence-electron chi connectivity index (χ0n) is 30.7. The van der Waals surface area contributed by atoms with Gasteiger partial charge in [0.2, 0.25) is 11.8 Å². The number of hydrogen-bond donors (Lipinski definition) is 1. The fourth-order valence-corrected chi connectivity index (χ4v) is 8.65. The summed E-state index contributed by atoms with van der Waals surface area (Å²) < 4.78 is 22.2. The Kier molecular flexibility index (Phi) is 9.16. The van der Waals surface area contributed by atoms with Gasteiger partial charge in [-0.3, -0.25) is 24.7 Å². The molecular weight excluding hydrogens is 704 g/mol. The number of nitrogens with zero attached hydrogens (tertiary/aromatic N) is 9. The van der Waals surface area contributed by atoms with Crippen molar-refractivity contribution in [3.05, 3.63) is 95.8 Å². The van der Waals surface area contributed by atoms with Gasteiger partial charge in [-0.05, 0) is 73.7 Å². The summed E-state index contributed by atoms with van der Waals surface area (Å²) in [4.78, 5) is 57.5. The van der Waals surface area contributed by atoms with Gasteiger partial charge in [0.15, 0.2) is 5.65 Å². The third-order valence-corrected chi connectivity index (χ3v) is 11.4. The number of carbonyl (C=O) groups is 3. The van der Waals surface area contributed by atoms with Gasteiger partial charge in [0, 0.05) is 52.7 Å². The molecule has 15 heteroatoms. The van der Waals surface area contributed by atoms with Crippen LogP contribution in [0, 0.1) is 5.82 Å². The minimum absolute atomic E-state index is 0.0610. The summed E-state index contributed by atoms with van der Waals surface area (Å²) in [5, 5.41) is 7.40. The molecule has 3 atom stereocenters. The topological polar surface area (TPSA) is 132 Å². The molecule has 0 spiro atoms. The second-order valence-corrected chi connectivity index (χ2v) is 14.7. The van der Waals surface area contributed by atoms with E-state index >= 15 is 0 Å². The number of urea groups is 1. The van der Waals surface area contributed by atoms with E-state index in [1.807, 2.05) is 59.3 Å². The average molecular weight is 747 g/mol. The number of fused-ring (bicyclic) bond motifs is 2. The van der Waals surface area contributed by atoms with Crippen molar-refractivity contribution >= 4 is 35.1 Å². The number of likely N-dealkylation sites (N-methyl/N-ethyl adjacent to an activating group) is 1. The Bertz CT molecular complexity index is 2210.